The Morgan fingerprint density at radius 2 is 1.67 bits per heavy atom. The molecule has 1 fully saturated rings. The first-order chi connectivity index (χ1) is 14.7. The smallest absolute Gasteiger partial charge is 0.241 e. The van der Waals surface area contributed by atoms with Crippen molar-refractivity contribution in [2.75, 3.05) is 46.4 Å². The van der Waals surface area contributed by atoms with Crippen LogP contribution in [0.1, 0.15) is 5.89 Å². The summed E-state index contributed by atoms with van der Waals surface area (Å²) in [7, 11) is 1.66. The Hall–Kier alpha value is -2.61. The highest BCUT2D eigenvalue weighted by Crippen LogP contribution is 2.25. The minimum atomic E-state index is 0.532. The number of rotatable bonds is 8. The maximum Gasteiger partial charge on any atom is 0.241 e. The molecule has 0 radical (unpaired) electrons. The number of methoxy groups -OCH3 is 1. The van der Waals surface area contributed by atoms with Gasteiger partial charge in [-0.25, -0.2) is 0 Å². The van der Waals surface area contributed by atoms with Crippen LogP contribution < -0.4 is 9.47 Å². The van der Waals surface area contributed by atoms with E-state index in [2.05, 4.69) is 19.9 Å². The minimum Gasteiger partial charge on any atom is -0.497 e. The van der Waals surface area contributed by atoms with E-state index in [1.807, 2.05) is 48.5 Å². The van der Waals surface area contributed by atoms with Crippen LogP contribution in [0.25, 0.3) is 11.4 Å². The summed E-state index contributed by atoms with van der Waals surface area (Å²) in [5.74, 6) is 2.84. The lowest BCUT2D eigenvalue weighted by Gasteiger charge is -2.33. The van der Waals surface area contributed by atoms with Gasteiger partial charge in [0.1, 0.15) is 18.1 Å². The number of ether oxygens (including phenoxy) is 2. The van der Waals surface area contributed by atoms with Crippen LogP contribution in [-0.2, 0) is 6.54 Å². The monoisotopic (exact) mass is 428 g/mol. The standard InChI is InChI=1S/C22H25ClN4O3/c1-28-17-6-8-18(9-7-17)29-15-14-26-10-12-27(13-11-26)16-21-24-22(25-30-21)19-4-2-3-5-20(19)23/h2-9H,10-16H2,1H3. The van der Waals surface area contributed by atoms with E-state index in [4.69, 9.17) is 25.6 Å². The summed E-state index contributed by atoms with van der Waals surface area (Å²) in [4.78, 5) is 9.23. The molecule has 3 aromatic rings. The van der Waals surface area contributed by atoms with Crippen LogP contribution in [-0.4, -0.2) is 66.4 Å². The van der Waals surface area contributed by atoms with Crippen molar-refractivity contribution in [3.63, 3.8) is 0 Å². The first-order valence-electron chi connectivity index (χ1n) is 10.0. The van der Waals surface area contributed by atoms with Crippen molar-refractivity contribution >= 4 is 11.6 Å². The second-order valence-electron chi connectivity index (χ2n) is 7.13. The third kappa shape index (κ3) is 5.30. The molecule has 0 saturated carbocycles. The highest BCUT2D eigenvalue weighted by molar-refractivity contribution is 6.33. The van der Waals surface area contributed by atoms with Gasteiger partial charge in [-0.05, 0) is 36.4 Å². The van der Waals surface area contributed by atoms with Crippen LogP contribution in [0.5, 0.6) is 11.5 Å². The number of benzene rings is 2. The summed E-state index contributed by atoms with van der Waals surface area (Å²) >= 11 is 6.22. The SMILES string of the molecule is COc1ccc(OCCN2CCN(Cc3nc(-c4ccccc4Cl)no3)CC2)cc1. The summed E-state index contributed by atoms with van der Waals surface area (Å²) in [5, 5.41) is 4.70. The van der Waals surface area contributed by atoms with Gasteiger partial charge < -0.3 is 14.0 Å². The minimum absolute atomic E-state index is 0.532. The number of nitrogens with zero attached hydrogens (tertiary/aromatic N) is 4. The van der Waals surface area contributed by atoms with Crippen molar-refractivity contribution in [2.24, 2.45) is 0 Å². The highest BCUT2D eigenvalue weighted by atomic mass is 35.5. The van der Waals surface area contributed by atoms with E-state index in [1.165, 1.54) is 0 Å². The zero-order valence-electron chi connectivity index (χ0n) is 17.0. The van der Waals surface area contributed by atoms with E-state index >= 15 is 0 Å². The molecule has 30 heavy (non-hydrogen) atoms. The number of halogens is 1. The van der Waals surface area contributed by atoms with Crippen molar-refractivity contribution < 1.29 is 14.0 Å². The first-order valence-corrected chi connectivity index (χ1v) is 10.4. The lowest BCUT2D eigenvalue weighted by atomic mass is 10.2. The fraction of sp³-hybridized carbons (Fsp3) is 0.364. The van der Waals surface area contributed by atoms with Crippen molar-refractivity contribution in [2.45, 2.75) is 6.54 Å². The number of hydrogen-bond donors (Lipinski definition) is 0. The Bertz CT molecular complexity index is 940. The molecule has 0 bridgehead atoms. The topological polar surface area (TPSA) is 63.9 Å². The van der Waals surface area contributed by atoms with Gasteiger partial charge in [-0.1, -0.05) is 28.9 Å². The second kappa shape index (κ2) is 9.93. The van der Waals surface area contributed by atoms with Gasteiger partial charge >= 0.3 is 0 Å². The van der Waals surface area contributed by atoms with Gasteiger partial charge in [0.25, 0.3) is 0 Å². The van der Waals surface area contributed by atoms with Crippen LogP contribution >= 0.6 is 11.6 Å². The molecule has 0 N–H and O–H groups in total. The van der Waals surface area contributed by atoms with Crippen LogP contribution in [0.4, 0.5) is 0 Å². The lowest BCUT2D eigenvalue weighted by Crippen LogP contribution is -2.47. The van der Waals surface area contributed by atoms with Crippen LogP contribution in [0.3, 0.4) is 0 Å². The van der Waals surface area contributed by atoms with Gasteiger partial charge in [0.2, 0.25) is 11.7 Å². The number of aromatic nitrogens is 2. The van der Waals surface area contributed by atoms with E-state index in [0.717, 1.165) is 49.8 Å². The predicted molar refractivity (Wildman–Crippen MR) is 115 cm³/mol. The van der Waals surface area contributed by atoms with E-state index in [0.29, 0.717) is 29.9 Å². The molecule has 2 heterocycles. The molecule has 0 amide bonds. The summed E-state index contributed by atoms with van der Waals surface area (Å²) in [6.07, 6.45) is 0. The summed E-state index contributed by atoms with van der Waals surface area (Å²) in [6, 6.07) is 15.2. The van der Waals surface area contributed by atoms with E-state index in [-0.39, 0.29) is 0 Å². The van der Waals surface area contributed by atoms with Crippen molar-refractivity contribution in [3.8, 4) is 22.9 Å². The second-order valence-corrected chi connectivity index (χ2v) is 7.54. The molecule has 1 saturated heterocycles. The molecular weight excluding hydrogens is 404 g/mol. The average Bonchev–Trinajstić information content (AvgIpc) is 3.24. The molecule has 2 aromatic carbocycles. The summed E-state index contributed by atoms with van der Waals surface area (Å²) in [5.41, 5.74) is 0.788. The Morgan fingerprint density at radius 1 is 0.967 bits per heavy atom. The average molecular weight is 429 g/mol. The van der Waals surface area contributed by atoms with Gasteiger partial charge in [0, 0.05) is 38.3 Å². The molecule has 158 valence electrons. The number of hydrogen-bond acceptors (Lipinski definition) is 7. The quantitative estimate of drug-likeness (QED) is 0.543. The van der Waals surface area contributed by atoms with Gasteiger partial charge in [0.05, 0.1) is 18.7 Å². The van der Waals surface area contributed by atoms with E-state index < -0.39 is 0 Å². The van der Waals surface area contributed by atoms with Crippen molar-refractivity contribution in [1.82, 2.24) is 19.9 Å². The van der Waals surface area contributed by atoms with Gasteiger partial charge in [-0.15, -0.1) is 0 Å². The molecule has 1 aromatic heterocycles. The largest absolute Gasteiger partial charge is 0.497 e. The van der Waals surface area contributed by atoms with Crippen molar-refractivity contribution in [3.05, 3.63) is 59.4 Å². The molecule has 1 aliphatic heterocycles. The maximum atomic E-state index is 6.22. The molecule has 8 heteroatoms. The molecule has 0 unspecified atom stereocenters. The molecule has 0 aliphatic carbocycles. The van der Waals surface area contributed by atoms with Crippen LogP contribution in [0.15, 0.2) is 53.1 Å². The summed E-state index contributed by atoms with van der Waals surface area (Å²) < 4.78 is 16.4. The van der Waals surface area contributed by atoms with Gasteiger partial charge in [0.15, 0.2) is 0 Å². The van der Waals surface area contributed by atoms with Crippen molar-refractivity contribution in [1.29, 1.82) is 0 Å². The third-order valence-corrected chi connectivity index (χ3v) is 5.47. The van der Waals surface area contributed by atoms with E-state index in [1.54, 1.807) is 7.11 Å². The number of piperazine rings is 1. The molecular formula is C22H25ClN4O3. The predicted octanol–water partition coefficient (Wildman–Crippen LogP) is 3.60. The molecule has 0 atom stereocenters. The Morgan fingerprint density at radius 3 is 2.40 bits per heavy atom. The fourth-order valence-corrected chi connectivity index (χ4v) is 3.62. The van der Waals surface area contributed by atoms with Crippen LogP contribution in [0.2, 0.25) is 5.02 Å². The zero-order chi connectivity index (χ0) is 20.8. The van der Waals surface area contributed by atoms with Gasteiger partial charge in [-0.3, -0.25) is 9.80 Å². The summed E-state index contributed by atoms with van der Waals surface area (Å²) in [6.45, 7) is 6.08. The molecule has 4 rings (SSSR count). The normalized spacial score (nSPS) is 15.3. The first kappa shape index (κ1) is 20.7. The lowest BCUT2D eigenvalue weighted by molar-refractivity contribution is 0.104. The fourth-order valence-electron chi connectivity index (χ4n) is 3.40. The highest BCUT2D eigenvalue weighted by Gasteiger charge is 2.20. The van der Waals surface area contributed by atoms with Crippen LogP contribution in [0, 0.1) is 0 Å². The Balaban J connectivity index is 1.20. The molecule has 1 aliphatic rings. The van der Waals surface area contributed by atoms with Gasteiger partial charge in [-0.2, -0.15) is 4.98 Å². The Labute approximate surface area is 181 Å². The van der Waals surface area contributed by atoms with E-state index in [9.17, 15) is 0 Å². The molecule has 7 nitrogen and oxygen atoms in total. The Kier molecular flexibility index (Phi) is 6.84. The molecule has 0 spiro atoms. The maximum absolute atomic E-state index is 6.22. The zero-order valence-corrected chi connectivity index (χ0v) is 17.7. The third-order valence-electron chi connectivity index (χ3n) is 5.14.